The molecule has 0 saturated heterocycles. The molecule has 3 aliphatic rings. The van der Waals surface area contributed by atoms with Crippen molar-refractivity contribution in [2.24, 2.45) is 0 Å². The van der Waals surface area contributed by atoms with Crippen molar-refractivity contribution < 1.29 is 9.13 Å². The highest BCUT2D eigenvalue weighted by Gasteiger charge is 2.39. The van der Waals surface area contributed by atoms with Crippen molar-refractivity contribution in [3.8, 4) is 0 Å². The summed E-state index contributed by atoms with van der Waals surface area (Å²) in [5, 5.41) is 3.21. The first kappa shape index (κ1) is 24.3. The zero-order chi connectivity index (χ0) is 26.9. The van der Waals surface area contributed by atoms with E-state index in [0.29, 0.717) is 0 Å². The summed E-state index contributed by atoms with van der Waals surface area (Å²) >= 11 is 0. The van der Waals surface area contributed by atoms with Crippen LogP contribution in [0.3, 0.4) is 0 Å². The van der Waals surface area contributed by atoms with Gasteiger partial charge in [0, 0.05) is 30.3 Å². The van der Waals surface area contributed by atoms with E-state index in [1.54, 1.807) is 0 Å². The van der Waals surface area contributed by atoms with Gasteiger partial charge < -0.3 is 14.4 Å². The van der Waals surface area contributed by atoms with Gasteiger partial charge in [0.25, 0.3) is 0 Å². The molecule has 0 saturated carbocycles. The fourth-order valence-electron chi connectivity index (χ4n) is 6.38. The Labute approximate surface area is 230 Å². The smallest absolute Gasteiger partial charge is 0.340 e. The van der Waals surface area contributed by atoms with Gasteiger partial charge in [-0.1, -0.05) is 65.3 Å². The fourth-order valence-corrected chi connectivity index (χ4v) is 10.3. The van der Waals surface area contributed by atoms with Gasteiger partial charge in [-0.2, -0.15) is 0 Å². The average molecular weight is 548 g/mol. The molecule has 4 aromatic rings. The largest absolute Gasteiger partial charge is 0.419 e. The Balaban J connectivity index is 1.63. The van der Waals surface area contributed by atoms with Crippen molar-refractivity contribution in [2.45, 2.75) is 12.8 Å². The minimum atomic E-state index is -3.09. The molecule has 1 heterocycles. The zero-order valence-electron chi connectivity index (χ0n) is 22.3. The van der Waals surface area contributed by atoms with Gasteiger partial charge >= 0.3 is 7.80 Å². The van der Waals surface area contributed by atoms with Crippen LogP contribution in [0.25, 0.3) is 12.2 Å². The maximum atomic E-state index is 15.2. The van der Waals surface area contributed by atoms with Crippen molar-refractivity contribution >= 4 is 71.1 Å². The number of para-hydroxylation sites is 2. The van der Waals surface area contributed by atoms with Crippen molar-refractivity contribution in [1.29, 1.82) is 0 Å². The molecule has 39 heavy (non-hydrogen) atoms. The molecule has 2 atom stereocenters. The van der Waals surface area contributed by atoms with E-state index in [4.69, 9.17) is 0 Å². The minimum absolute atomic E-state index is 0.773. The maximum absolute atomic E-state index is 15.2. The Morgan fingerprint density at radius 3 is 2.31 bits per heavy atom. The molecule has 0 aromatic heterocycles. The number of allylic oxidation sites excluding steroid dienone is 2. The molecular weight excluding hydrogens is 518 g/mol. The van der Waals surface area contributed by atoms with Gasteiger partial charge in [0.05, 0.1) is 22.7 Å². The Bertz CT molecular complexity index is 1820. The van der Waals surface area contributed by atoms with Crippen molar-refractivity contribution in [3.63, 3.8) is 0 Å². The molecule has 0 fully saturated rings. The summed E-state index contributed by atoms with van der Waals surface area (Å²) in [6, 6.07) is 24.2. The van der Waals surface area contributed by atoms with Crippen molar-refractivity contribution in [2.75, 3.05) is 30.6 Å². The number of anilines is 4. The standard InChI is InChI=1S/C33H29N2O2P2/c1-34-26-14-4-6-16-28(26)38(36)29-20-18-22-10-8-12-24(22)32(29)35(2)33-25-13-9-11-23(25)19-21-31(33)39(3,37)30-17-7-5-15-27(30)34/h4-10,13-21H,11-12H2,1-3H3/q+1. The minimum Gasteiger partial charge on any atom is -0.340 e. The summed E-state index contributed by atoms with van der Waals surface area (Å²) in [7, 11) is -0.981. The Hall–Kier alpha value is -3.71. The second kappa shape index (κ2) is 8.91. The van der Waals surface area contributed by atoms with E-state index in [0.717, 1.165) is 73.5 Å². The van der Waals surface area contributed by atoms with Gasteiger partial charge in [-0.3, -0.25) is 0 Å². The average Bonchev–Trinajstić information content (AvgIpc) is 3.64. The monoisotopic (exact) mass is 547 g/mol. The van der Waals surface area contributed by atoms with E-state index < -0.39 is 14.9 Å². The normalized spacial score (nSPS) is 19.8. The van der Waals surface area contributed by atoms with Crippen molar-refractivity contribution in [3.05, 3.63) is 107 Å². The van der Waals surface area contributed by atoms with E-state index in [-0.39, 0.29) is 0 Å². The third-order valence-electron chi connectivity index (χ3n) is 8.34. The van der Waals surface area contributed by atoms with Crippen LogP contribution in [0, 0.1) is 0 Å². The van der Waals surface area contributed by atoms with Crippen LogP contribution in [0.5, 0.6) is 0 Å². The third kappa shape index (κ3) is 3.55. The van der Waals surface area contributed by atoms with Gasteiger partial charge in [-0.15, -0.1) is 0 Å². The first-order valence-electron chi connectivity index (χ1n) is 13.2. The fraction of sp³-hybridized carbons (Fsp3) is 0.152. The Morgan fingerprint density at radius 2 is 1.46 bits per heavy atom. The summed E-state index contributed by atoms with van der Waals surface area (Å²) in [6.45, 7) is 1.90. The summed E-state index contributed by atoms with van der Waals surface area (Å²) in [6.07, 6.45) is 10.3. The first-order chi connectivity index (χ1) is 18.9. The topological polar surface area (TPSA) is 40.6 Å². The molecule has 192 valence electrons. The van der Waals surface area contributed by atoms with Crippen molar-refractivity contribution in [1.82, 2.24) is 0 Å². The predicted octanol–water partition coefficient (Wildman–Crippen LogP) is 6.40. The van der Waals surface area contributed by atoms with Crippen LogP contribution in [0.4, 0.5) is 22.7 Å². The molecule has 4 aromatic carbocycles. The molecule has 2 aliphatic carbocycles. The molecule has 7 rings (SSSR count). The number of nitrogens with zero attached hydrogens (tertiary/aromatic N) is 2. The quantitative estimate of drug-likeness (QED) is 0.239. The van der Waals surface area contributed by atoms with Crippen LogP contribution in [-0.4, -0.2) is 20.8 Å². The molecule has 0 N–H and O–H groups in total. The van der Waals surface area contributed by atoms with E-state index in [9.17, 15) is 4.57 Å². The van der Waals surface area contributed by atoms with Crippen LogP contribution in [0.15, 0.2) is 84.9 Å². The summed E-state index contributed by atoms with van der Waals surface area (Å²) in [5.41, 5.74) is 8.27. The van der Waals surface area contributed by atoms with Crippen LogP contribution in [-0.2, 0) is 22.0 Å². The van der Waals surface area contributed by atoms with Gasteiger partial charge in [0.15, 0.2) is 0 Å². The van der Waals surface area contributed by atoms with Crippen LogP contribution in [0.2, 0.25) is 0 Å². The van der Waals surface area contributed by atoms with Gasteiger partial charge in [-0.25, -0.2) is 0 Å². The number of rotatable bonds is 0. The molecule has 0 amide bonds. The lowest BCUT2D eigenvalue weighted by atomic mass is 10.0. The second-order valence-electron chi connectivity index (χ2n) is 10.5. The van der Waals surface area contributed by atoms with Gasteiger partial charge in [0.1, 0.15) is 7.14 Å². The first-order valence-corrected chi connectivity index (χ1v) is 16.7. The van der Waals surface area contributed by atoms with Crippen LogP contribution >= 0.6 is 14.9 Å². The molecule has 6 heteroatoms. The highest BCUT2D eigenvalue weighted by atomic mass is 31.2. The number of hydrogen-bond acceptors (Lipinski definition) is 4. The SMILES string of the molecule is CN1c2ccccc2[P+](=O)c2ccc3c(c2N(C)c2c(ccc4c2C=CC4)P(C)(=O)c2ccccc21)CC=C3. The number of fused-ring (bicyclic) bond motifs is 8. The number of benzene rings is 4. The van der Waals surface area contributed by atoms with E-state index in [1.165, 1.54) is 5.56 Å². The summed E-state index contributed by atoms with van der Waals surface area (Å²) in [5.74, 6) is 0. The molecule has 0 radical (unpaired) electrons. The Kier molecular flexibility index (Phi) is 5.56. The second-order valence-corrected chi connectivity index (χ2v) is 14.9. The van der Waals surface area contributed by atoms with E-state index in [2.05, 4.69) is 59.4 Å². The highest BCUT2D eigenvalue weighted by molar-refractivity contribution is 7.78. The van der Waals surface area contributed by atoms with Crippen LogP contribution in [0.1, 0.15) is 22.3 Å². The zero-order valence-corrected chi connectivity index (χ0v) is 24.0. The molecule has 1 aliphatic heterocycles. The lowest BCUT2D eigenvalue weighted by Crippen LogP contribution is -2.31. The van der Waals surface area contributed by atoms with E-state index >= 15 is 4.57 Å². The third-order valence-corrected chi connectivity index (χ3v) is 12.5. The van der Waals surface area contributed by atoms with Crippen LogP contribution < -0.4 is 31.0 Å². The molecule has 2 unspecified atom stereocenters. The molecule has 0 spiro atoms. The van der Waals surface area contributed by atoms with E-state index in [1.807, 2.05) is 68.3 Å². The lowest BCUT2D eigenvalue weighted by Gasteiger charge is -2.32. The predicted molar refractivity (Wildman–Crippen MR) is 167 cm³/mol. The lowest BCUT2D eigenvalue weighted by molar-refractivity contribution is 0.590. The molecular formula is C33H29N2O2P2+. The molecule has 4 nitrogen and oxygen atoms in total. The number of hydrogen-bond donors (Lipinski definition) is 0. The molecule has 0 bridgehead atoms. The maximum Gasteiger partial charge on any atom is 0.419 e. The van der Waals surface area contributed by atoms with Gasteiger partial charge in [0.2, 0.25) is 10.6 Å². The summed E-state index contributed by atoms with van der Waals surface area (Å²) < 4.78 is 29.8. The van der Waals surface area contributed by atoms with Gasteiger partial charge in [-0.05, 0) is 72.6 Å². The highest BCUT2D eigenvalue weighted by Crippen LogP contribution is 2.50. The summed E-state index contributed by atoms with van der Waals surface area (Å²) in [4.78, 5) is 4.24. The Morgan fingerprint density at radius 1 is 0.718 bits per heavy atom.